The highest BCUT2D eigenvalue weighted by atomic mass is 32.2. The highest BCUT2D eigenvalue weighted by molar-refractivity contribution is 7.88. The van der Waals surface area contributed by atoms with Crippen molar-refractivity contribution < 1.29 is 18.0 Å². The maximum Gasteiger partial charge on any atom is 0.321 e. The molecule has 1 aromatic carbocycles. The molecule has 0 aromatic heterocycles. The zero-order valence-electron chi connectivity index (χ0n) is 17.8. The fourth-order valence-electron chi connectivity index (χ4n) is 5.57. The normalized spacial score (nSPS) is 26.3. The molecule has 3 fully saturated rings. The maximum atomic E-state index is 13.1. The number of carbonyl (C=O) groups excluding carboxylic acids is 2. The number of rotatable bonds is 3. The van der Waals surface area contributed by atoms with Crippen molar-refractivity contribution in [3.8, 4) is 0 Å². The maximum absolute atomic E-state index is 13.1. The Bertz CT molecular complexity index is 956. The summed E-state index contributed by atoms with van der Waals surface area (Å²) >= 11 is 0. The lowest BCUT2D eigenvalue weighted by Gasteiger charge is -2.47. The van der Waals surface area contributed by atoms with Crippen LogP contribution in [-0.2, 0) is 14.8 Å². The van der Waals surface area contributed by atoms with Crippen molar-refractivity contribution in [2.24, 2.45) is 11.8 Å². The summed E-state index contributed by atoms with van der Waals surface area (Å²) in [6.07, 6.45) is 2.56. The summed E-state index contributed by atoms with van der Waals surface area (Å²) in [5.74, 6) is -0.222. The van der Waals surface area contributed by atoms with E-state index in [1.165, 1.54) is 10.6 Å². The highest BCUT2D eigenvalue weighted by Gasteiger charge is 2.62. The van der Waals surface area contributed by atoms with Crippen molar-refractivity contribution in [1.29, 1.82) is 0 Å². The second-order valence-corrected chi connectivity index (χ2v) is 10.7. The number of anilines is 1. The second-order valence-electron chi connectivity index (χ2n) is 8.71. The third-order valence-corrected chi connectivity index (χ3v) is 8.42. The number of amides is 3. The van der Waals surface area contributed by atoms with Crippen LogP contribution in [0.2, 0.25) is 0 Å². The number of likely N-dealkylation sites (tertiary alicyclic amines) is 2. The number of carbonyl (C=O) groups is 2. The van der Waals surface area contributed by atoms with Gasteiger partial charge in [0.1, 0.15) is 0 Å². The Morgan fingerprint density at radius 1 is 1.20 bits per heavy atom. The lowest BCUT2D eigenvalue weighted by molar-refractivity contribution is -0.134. The van der Waals surface area contributed by atoms with E-state index in [-0.39, 0.29) is 35.9 Å². The van der Waals surface area contributed by atoms with Gasteiger partial charge < -0.3 is 15.1 Å². The summed E-state index contributed by atoms with van der Waals surface area (Å²) in [4.78, 5) is 29.6. The molecule has 3 aliphatic heterocycles. The van der Waals surface area contributed by atoms with Crippen molar-refractivity contribution in [3.05, 3.63) is 29.8 Å². The molecule has 0 unspecified atom stereocenters. The summed E-state index contributed by atoms with van der Waals surface area (Å²) in [5.41, 5.74) is 1.44. The zero-order chi connectivity index (χ0) is 21.7. The summed E-state index contributed by atoms with van der Waals surface area (Å²) in [7, 11) is -3.32. The van der Waals surface area contributed by atoms with Gasteiger partial charge in [-0.2, -0.15) is 0 Å². The fourth-order valence-corrected chi connectivity index (χ4v) is 6.43. The summed E-state index contributed by atoms with van der Waals surface area (Å²) in [6, 6.07) is 7.54. The number of sulfonamides is 1. The van der Waals surface area contributed by atoms with Crippen LogP contribution < -0.4 is 5.32 Å². The van der Waals surface area contributed by atoms with Crippen LogP contribution in [0.25, 0.3) is 0 Å². The Labute approximate surface area is 178 Å². The number of urea groups is 1. The summed E-state index contributed by atoms with van der Waals surface area (Å²) in [6.45, 7) is 6.30. The van der Waals surface area contributed by atoms with E-state index in [4.69, 9.17) is 0 Å². The Hall–Kier alpha value is -2.13. The molecule has 3 heterocycles. The molecule has 1 spiro atoms. The number of hydrogen-bond donors (Lipinski definition) is 1. The van der Waals surface area contributed by atoms with Crippen molar-refractivity contribution >= 4 is 27.6 Å². The van der Waals surface area contributed by atoms with E-state index in [9.17, 15) is 18.0 Å². The first kappa shape index (κ1) is 21.1. The topological polar surface area (TPSA) is 90.0 Å². The van der Waals surface area contributed by atoms with Crippen LogP contribution in [0.5, 0.6) is 0 Å². The predicted molar refractivity (Wildman–Crippen MR) is 115 cm³/mol. The van der Waals surface area contributed by atoms with Crippen LogP contribution >= 0.6 is 0 Å². The van der Waals surface area contributed by atoms with Gasteiger partial charge in [-0.3, -0.25) is 4.79 Å². The number of piperidine rings is 1. The molecule has 8 nitrogen and oxygen atoms in total. The number of nitrogens with zero attached hydrogens (tertiary/aromatic N) is 3. The van der Waals surface area contributed by atoms with E-state index in [2.05, 4.69) is 5.32 Å². The Morgan fingerprint density at radius 3 is 2.47 bits per heavy atom. The average Bonchev–Trinajstić information content (AvgIpc) is 3.24. The number of hydrogen-bond acceptors (Lipinski definition) is 4. The molecule has 0 radical (unpaired) electrons. The monoisotopic (exact) mass is 434 g/mol. The minimum Gasteiger partial charge on any atom is -0.337 e. The Kier molecular flexibility index (Phi) is 5.30. The number of para-hydroxylation sites is 1. The molecule has 164 valence electrons. The number of benzene rings is 1. The highest BCUT2D eigenvalue weighted by Crippen LogP contribution is 2.50. The van der Waals surface area contributed by atoms with Gasteiger partial charge in [0.05, 0.1) is 17.7 Å². The standard InChI is InChI=1S/C21H30N4O4S/c1-4-25-19(26)16-13-24(30(3,28)29)14-17(16)21(25)9-11-23(12-10-21)20(27)22-18-8-6-5-7-15(18)2/h5-8,16-17H,4,9-14H2,1-3H3,(H,22,27)/t16-,17+/m0/s1. The third kappa shape index (κ3) is 3.37. The molecule has 3 amide bonds. The smallest absolute Gasteiger partial charge is 0.321 e. The lowest BCUT2D eigenvalue weighted by Crippen LogP contribution is -2.58. The van der Waals surface area contributed by atoms with Gasteiger partial charge in [0.2, 0.25) is 15.9 Å². The quantitative estimate of drug-likeness (QED) is 0.785. The minimum absolute atomic E-state index is 0.0127. The molecular formula is C21H30N4O4S. The number of nitrogens with one attached hydrogen (secondary N) is 1. The van der Waals surface area contributed by atoms with E-state index >= 15 is 0 Å². The molecular weight excluding hydrogens is 404 g/mol. The van der Waals surface area contributed by atoms with Gasteiger partial charge in [0.25, 0.3) is 0 Å². The van der Waals surface area contributed by atoms with Gasteiger partial charge in [-0.25, -0.2) is 17.5 Å². The van der Waals surface area contributed by atoms with E-state index in [1.54, 1.807) is 4.90 Å². The molecule has 0 saturated carbocycles. The number of aryl methyl sites for hydroxylation is 1. The molecule has 1 N–H and O–H groups in total. The van der Waals surface area contributed by atoms with E-state index < -0.39 is 10.0 Å². The van der Waals surface area contributed by atoms with Crippen molar-refractivity contribution in [2.45, 2.75) is 32.2 Å². The molecule has 0 bridgehead atoms. The van der Waals surface area contributed by atoms with Crippen LogP contribution in [0.3, 0.4) is 0 Å². The van der Waals surface area contributed by atoms with E-state index in [0.29, 0.717) is 39.0 Å². The van der Waals surface area contributed by atoms with Crippen LogP contribution in [0.4, 0.5) is 10.5 Å². The zero-order valence-corrected chi connectivity index (χ0v) is 18.6. The van der Waals surface area contributed by atoms with E-state index in [1.807, 2.05) is 43.0 Å². The lowest BCUT2D eigenvalue weighted by atomic mass is 9.75. The molecule has 0 aliphatic carbocycles. The fraction of sp³-hybridized carbons (Fsp3) is 0.619. The van der Waals surface area contributed by atoms with Gasteiger partial charge in [-0.15, -0.1) is 0 Å². The van der Waals surface area contributed by atoms with Crippen LogP contribution in [0.1, 0.15) is 25.3 Å². The SMILES string of the molecule is CCN1C(=O)[C@H]2CN(S(C)(=O)=O)C[C@H]2C12CCN(C(=O)Nc1ccccc1C)CC2. The van der Waals surface area contributed by atoms with Gasteiger partial charge >= 0.3 is 6.03 Å². The predicted octanol–water partition coefficient (Wildman–Crippen LogP) is 1.73. The molecule has 2 atom stereocenters. The molecule has 9 heteroatoms. The van der Waals surface area contributed by atoms with Crippen molar-refractivity contribution in [3.63, 3.8) is 0 Å². The van der Waals surface area contributed by atoms with E-state index in [0.717, 1.165) is 11.3 Å². The Balaban J connectivity index is 1.49. The van der Waals surface area contributed by atoms with Crippen molar-refractivity contribution in [2.75, 3.05) is 44.3 Å². The minimum atomic E-state index is -3.32. The summed E-state index contributed by atoms with van der Waals surface area (Å²) < 4.78 is 25.6. The summed E-state index contributed by atoms with van der Waals surface area (Å²) in [5, 5.41) is 2.99. The second kappa shape index (κ2) is 7.53. The number of fused-ring (bicyclic) bond motifs is 2. The first-order valence-electron chi connectivity index (χ1n) is 10.6. The van der Waals surface area contributed by atoms with Gasteiger partial charge in [-0.05, 0) is 38.3 Å². The van der Waals surface area contributed by atoms with Crippen LogP contribution in [-0.4, -0.2) is 79.0 Å². The average molecular weight is 435 g/mol. The first-order valence-corrected chi connectivity index (χ1v) is 12.4. The largest absolute Gasteiger partial charge is 0.337 e. The van der Waals surface area contributed by atoms with Crippen LogP contribution in [0.15, 0.2) is 24.3 Å². The molecule has 3 saturated heterocycles. The first-order chi connectivity index (χ1) is 14.2. The van der Waals surface area contributed by atoms with Gasteiger partial charge in [-0.1, -0.05) is 18.2 Å². The third-order valence-electron chi connectivity index (χ3n) is 7.19. The molecule has 1 aromatic rings. The van der Waals surface area contributed by atoms with Crippen molar-refractivity contribution in [1.82, 2.24) is 14.1 Å². The molecule has 30 heavy (non-hydrogen) atoms. The van der Waals surface area contributed by atoms with Gasteiger partial charge in [0, 0.05) is 44.3 Å². The molecule has 3 aliphatic rings. The Morgan fingerprint density at radius 2 is 1.87 bits per heavy atom. The molecule has 4 rings (SSSR count). The van der Waals surface area contributed by atoms with Gasteiger partial charge in [0.15, 0.2) is 0 Å². The van der Waals surface area contributed by atoms with Crippen LogP contribution in [0, 0.1) is 18.8 Å².